The fourth-order valence-corrected chi connectivity index (χ4v) is 12.5. The van der Waals surface area contributed by atoms with Gasteiger partial charge in [0.15, 0.2) is 0 Å². The molecular weight excluding hydrogens is 849 g/mol. The maximum atomic E-state index is 2.54. The summed E-state index contributed by atoms with van der Waals surface area (Å²) in [5, 5.41) is 17.0. The summed E-state index contributed by atoms with van der Waals surface area (Å²) in [6.07, 6.45) is 0. The standard InChI is InChI=1S/C66H40N4/c1-2-19-43-42(18-1)44-20-3-15-34-61(44)70-62-35-16-8-25-49(62)51-27-17-28-52(66(51)70)54-40-65(68-58-31-12-6-23-47(58)48-24-7-13-32-59(48)68)64(39-53(43)54)69-60-33-14-9-26-50(60)55-38-41(36-37-63(55)69)67-56-29-10-4-21-45(56)46-22-5-11-30-57(46)67/h1-40H. The molecule has 0 N–H and O–H groups in total. The topological polar surface area (TPSA) is 19.2 Å². The molecule has 11 aromatic carbocycles. The van der Waals surface area contributed by atoms with E-state index >= 15 is 0 Å². The van der Waals surface area contributed by atoms with Crippen LogP contribution in [0.2, 0.25) is 0 Å². The molecule has 4 heteroatoms. The Kier molecular flexibility index (Phi) is 7.58. The Morgan fingerprint density at radius 2 is 0.486 bits per heavy atom. The highest BCUT2D eigenvalue weighted by molar-refractivity contribution is 6.26. The number of fused-ring (bicyclic) bond motifs is 19. The van der Waals surface area contributed by atoms with Gasteiger partial charge in [0.05, 0.1) is 61.0 Å². The minimum atomic E-state index is 1.11. The lowest BCUT2D eigenvalue weighted by Crippen LogP contribution is -2.04. The minimum Gasteiger partial charge on any atom is -0.309 e. The zero-order valence-corrected chi connectivity index (χ0v) is 37.9. The molecule has 0 amide bonds. The van der Waals surface area contributed by atoms with Crippen LogP contribution >= 0.6 is 0 Å². The summed E-state index contributed by atoms with van der Waals surface area (Å²) < 4.78 is 10.0. The van der Waals surface area contributed by atoms with Crippen molar-refractivity contribution >= 4 is 125 Å². The van der Waals surface area contributed by atoms with E-state index in [4.69, 9.17) is 0 Å². The Bertz CT molecular complexity index is 4850. The van der Waals surface area contributed by atoms with Crippen LogP contribution in [0.25, 0.3) is 142 Å². The molecule has 0 atom stereocenters. The number of benzene rings is 11. The summed E-state index contributed by atoms with van der Waals surface area (Å²) >= 11 is 0. The molecule has 0 saturated carbocycles. The van der Waals surface area contributed by atoms with Crippen LogP contribution in [0.15, 0.2) is 243 Å². The molecule has 16 rings (SSSR count). The maximum Gasteiger partial charge on any atom is 0.0709 e. The van der Waals surface area contributed by atoms with Gasteiger partial charge < -0.3 is 18.1 Å². The van der Waals surface area contributed by atoms with E-state index in [1.54, 1.807) is 0 Å². The quantitative estimate of drug-likeness (QED) is 0.168. The molecule has 5 heterocycles. The van der Waals surface area contributed by atoms with E-state index in [2.05, 4.69) is 261 Å². The molecule has 0 aliphatic rings. The Morgan fingerprint density at radius 1 is 0.186 bits per heavy atom. The van der Waals surface area contributed by atoms with Crippen molar-refractivity contribution in [1.29, 1.82) is 0 Å². The second kappa shape index (κ2) is 14.1. The molecule has 0 aliphatic carbocycles. The highest BCUT2D eigenvalue weighted by Crippen LogP contribution is 2.45. The van der Waals surface area contributed by atoms with E-state index in [0.717, 1.165) is 28.1 Å². The van der Waals surface area contributed by atoms with E-state index in [0.29, 0.717) is 0 Å². The summed E-state index contributed by atoms with van der Waals surface area (Å²) in [6, 6.07) is 90.3. The van der Waals surface area contributed by atoms with Gasteiger partial charge in [-0.05, 0) is 94.3 Å². The van der Waals surface area contributed by atoms with E-state index in [1.807, 2.05) is 0 Å². The van der Waals surface area contributed by atoms with Crippen molar-refractivity contribution in [3.05, 3.63) is 243 Å². The van der Waals surface area contributed by atoms with Gasteiger partial charge in [0.1, 0.15) is 0 Å². The highest BCUT2D eigenvalue weighted by Gasteiger charge is 2.23. The predicted octanol–water partition coefficient (Wildman–Crippen LogP) is 17.6. The first kappa shape index (κ1) is 37.7. The van der Waals surface area contributed by atoms with Gasteiger partial charge in [0, 0.05) is 59.5 Å². The number of hydrogen-bond acceptors (Lipinski definition) is 0. The average Bonchev–Trinajstić information content (AvgIpc) is 4.16. The molecular formula is C66H40N4. The third-order valence-electron chi connectivity index (χ3n) is 15.3. The van der Waals surface area contributed by atoms with Gasteiger partial charge in [0.25, 0.3) is 0 Å². The molecule has 70 heavy (non-hydrogen) atoms. The summed E-state index contributed by atoms with van der Waals surface area (Å²) in [6.45, 7) is 0. The molecule has 324 valence electrons. The van der Waals surface area contributed by atoms with Crippen LogP contribution in [0, 0.1) is 0 Å². The van der Waals surface area contributed by atoms with Gasteiger partial charge in [-0.2, -0.15) is 0 Å². The lowest BCUT2D eigenvalue weighted by Gasteiger charge is -2.19. The molecule has 5 aromatic heterocycles. The number of aromatic nitrogens is 4. The normalized spacial score (nSPS) is 12.3. The van der Waals surface area contributed by atoms with Gasteiger partial charge in [-0.1, -0.05) is 170 Å². The van der Waals surface area contributed by atoms with Gasteiger partial charge >= 0.3 is 0 Å². The SMILES string of the molecule is c1ccc2c(c1)c1cc(-n3c4ccccc4c4cc(-n5c6ccccc6c6ccccc65)ccc43)c(-n3c4ccccc4c4ccccc43)cc1c1cccc3c4ccccc4n(c4ccccc24)c13. The van der Waals surface area contributed by atoms with Crippen molar-refractivity contribution < 1.29 is 0 Å². The predicted molar refractivity (Wildman–Crippen MR) is 297 cm³/mol. The number of nitrogens with zero attached hydrogens (tertiary/aromatic N) is 4. The monoisotopic (exact) mass is 888 g/mol. The van der Waals surface area contributed by atoms with Gasteiger partial charge in [-0.25, -0.2) is 0 Å². The third kappa shape index (κ3) is 4.98. The summed E-state index contributed by atoms with van der Waals surface area (Å²) in [5.41, 5.74) is 14.0. The Balaban J connectivity index is 1.13. The fraction of sp³-hybridized carbons (Fsp3) is 0. The average molecular weight is 889 g/mol. The molecule has 4 nitrogen and oxygen atoms in total. The summed E-state index contributed by atoms with van der Waals surface area (Å²) in [7, 11) is 0. The van der Waals surface area contributed by atoms with E-state index in [-0.39, 0.29) is 0 Å². The van der Waals surface area contributed by atoms with Crippen molar-refractivity contribution in [2.75, 3.05) is 0 Å². The molecule has 0 aliphatic heterocycles. The molecule has 0 spiro atoms. The van der Waals surface area contributed by atoms with Crippen molar-refractivity contribution in [1.82, 2.24) is 18.1 Å². The summed E-state index contributed by atoms with van der Waals surface area (Å²) in [5.74, 6) is 0. The van der Waals surface area contributed by atoms with Crippen molar-refractivity contribution in [3.63, 3.8) is 0 Å². The van der Waals surface area contributed by atoms with Gasteiger partial charge in [-0.15, -0.1) is 0 Å². The van der Waals surface area contributed by atoms with Crippen LogP contribution in [0.5, 0.6) is 0 Å². The molecule has 0 saturated heterocycles. The van der Waals surface area contributed by atoms with E-state index in [9.17, 15) is 0 Å². The maximum absolute atomic E-state index is 2.54. The smallest absolute Gasteiger partial charge is 0.0709 e. The molecule has 0 fully saturated rings. The van der Waals surface area contributed by atoms with Crippen LogP contribution in [-0.4, -0.2) is 18.1 Å². The second-order valence-corrected chi connectivity index (χ2v) is 18.8. The molecule has 0 bridgehead atoms. The Morgan fingerprint density at radius 3 is 0.957 bits per heavy atom. The van der Waals surface area contributed by atoms with Crippen LogP contribution in [0.3, 0.4) is 0 Å². The second-order valence-electron chi connectivity index (χ2n) is 18.8. The number of para-hydroxylation sites is 8. The summed E-state index contributed by atoms with van der Waals surface area (Å²) in [4.78, 5) is 0. The first-order valence-corrected chi connectivity index (χ1v) is 24.2. The molecule has 0 radical (unpaired) electrons. The first-order chi connectivity index (χ1) is 34.8. The number of hydrogen-bond donors (Lipinski definition) is 0. The molecule has 0 unspecified atom stereocenters. The van der Waals surface area contributed by atoms with Crippen LogP contribution in [0.4, 0.5) is 0 Å². The largest absolute Gasteiger partial charge is 0.309 e. The minimum absolute atomic E-state index is 1.11. The zero-order valence-electron chi connectivity index (χ0n) is 37.9. The highest BCUT2D eigenvalue weighted by atomic mass is 15.1. The van der Waals surface area contributed by atoms with Gasteiger partial charge in [0.2, 0.25) is 0 Å². The van der Waals surface area contributed by atoms with E-state index < -0.39 is 0 Å². The van der Waals surface area contributed by atoms with Crippen molar-refractivity contribution in [2.45, 2.75) is 0 Å². The van der Waals surface area contributed by atoms with Crippen LogP contribution < -0.4 is 0 Å². The number of rotatable bonds is 3. The lowest BCUT2D eigenvalue weighted by atomic mass is 9.99. The van der Waals surface area contributed by atoms with Crippen LogP contribution in [-0.2, 0) is 0 Å². The Hall–Kier alpha value is -9.38. The molecule has 16 aromatic rings. The van der Waals surface area contributed by atoms with Crippen LogP contribution in [0.1, 0.15) is 0 Å². The van der Waals surface area contributed by atoms with E-state index in [1.165, 1.54) is 114 Å². The zero-order chi connectivity index (χ0) is 45.6. The Labute approximate surface area is 400 Å². The van der Waals surface area contributed by atoms with Gasteiger partial charge in [-0.3, -0.25) is 0 Å². The fourth-order valence-electron chi connectivity index (χ4n) is 12.5. The van der Waals surface area contributed by atoms with Crippen molar-refractivity contribution in [2.24, 2.45) is 0 Å². The lowest BCUT2D eigenvalue weighted by molar-refractivity contribution is 1.10. The first-order valence-electron chi connectivity index (χ1n) is 24.2. The van der Waals surface area contributed by atoms with Crippen molar-refractivity contribution in [3.8, 4) is 17.1 Å². The third-order valence-corrected chi connectivity index (χ3v) is 15.3.